The van der Waals surface area contributed by atoms with Crippen LogP contribution < -0.4 is 5.73 Å². The normalized spacial score (nSPS) is 16.3. The molecule has 1 aliphatic rings. The smallest absolute Gasteiger partial charge is 0.289 e. The molecule has 6 nitrogen and oxygen atoms in total. The number of benzene rings is 1. The Balaban J connectivity index is 1.81. The van der Waals surface area contributed by atoms with E-state index in [1.165, 1.54) is 6.07 Å². The van der Waals surface area contributed by atoms with Crippen LogP contribution in [0.5, 0.6) is 0 Å². The third-order valence-electron chi connectivity index (χ3n) is 4.37. The van der Waals surface area contributed by atoms with Crippen molar-refractivity contribution >= 4 is 22.8 Å². The minimum Gasteiger partial charge on any atom is -0.448 e. The number of carbonyl (C=O) groups excluding carboxylic acids is 2. The van der Waals surface area contributed by atoms with Gasteiger partial charge in [0.2, 0.25) is 5.91 Å². The largest absolute Gasteiger partial charge is 0.448 e. The van der Waals surface area contributed by atoms with Crippen LogP contribution in [0.1, 0.15) is 22.5 Å². The highest BCUT2D eigenvalue weighted by atomic mass is 19.1. The number of aryl methyl sites for hydroxylation is 1. The summed E-state index contributed by atoms with van der Waals surface area (Å²) in [5.74, 6) is -0.918. The van der Waals surface area contributed by atoms with Crippen LogP contribution in [0, 0.1) is 12.7 Å². The summed E-state index contributed by atoms with van der Waals surface area (Å²) in [5.41, 5.74) is 5.99. The molecule has 0 unspecified atom stereocenters. The van der Waals surface area contributed by atoms with E-state index in [1.807, 2.05) is 4.90 Å². The lowest BCUT2D eigenvalue weighted by Crippen LogP contribution is -2.38. The van der Waals surface area contributed by atoms with Gasteiger partial charge in [-0.15, -0.1) is 0 Å². The molecular weight excluding hydrogens is 313 g/mol. The van der Waals surface area contributed by atoms with Gasteiger partial charge in [-0.3, -0.25) is 14.5 Å². The van der Waals surface area contributed by atoms with Gasteiger partial charge in [0.25, 0.3) is 5.91 Å². The van der Waals surface area contributed by atoms with Gasteiger partial charge in [0.1, 0.15) is 0 Å². The number of para-hydroxylation sites is 1. The molecule has 1 fully saturated rings. The van der Waals surface area contributed by atoms with Crippen molar-refractivity contribution in [1.82, 2.24) is 9.80 Å². The third-order valence-corrected chi connectivity index (χ3v) is 4.37. The summed E-state index contributed by atoms with van der Waals surface area (Å²) in [4.78, 5) is 27.4. The first-order valence-corrected chi connectivity index (χ1v) is 7.95. The fourth-order valence-electron chi connectivity index (χ4n) is 3.11. The Labute approximate surface area is 139 Å². The zero-order valence-corrected chi connectivity index (χ0v) is 13.5. The van der Waals surface area contributed by atoms with Crippen molar-refractivity contribution in [2.45, 2.75) is 13.3 Å². The lowest BCUT2D eigenvalue weighted by atomic mass is 10.1. The number of furan rings is 1. The number of halogens is 1. The monoisotopic (exact) mass is 333 g/mol. The Kier molecular flexibility index (Phi) is 4.53. The first kappa shape index (κ1) is 16.4. The van der Waals surface area contributed by atoms with E-state index in [-0.39, 0.29) is 29.7 Å². The molecule has 0 atom stereocenters. The van der Waals surface area contributed by atoms with Crippen molar-refractivity contribution in [3.05, 3.63) is 35.3 Å². The van der Waals surface area contributed by atoms with Crippen LogP contribution >= 0.6 is 0 Å². The average Bonchev–Trinajstić information content (AvgIpc) is 2.72. The second-order valence-corrected chi connectivity index (χ2v) is 6.06. The quantitative estimate of drug-likeness (QED) is 0.923. The lowest BCUT2D eigenvalue weighted by molar-refractivity contribution is -0.119. The van der Waals surface area contributed by atoms with E-state index in [0.717, 1.165) is 6.42 Å². The average molecular weight is 333 g/mol. The van der Waals surface area contributed by atoms with Gasteiger partial charge in [0.05, 0.1) is 6.54 Å². The van der Waals surface area contributed by atoms with Crippen molar-refractivity contribution in [2.24, 2.45) is 5.73 Å². The fraction of sp³-hybridized carbons (Fsp3) is 0.412. The van der Waals surface area contributed by atoms with E-state index in [2.05, 4.69) is 0 Å². The first-order valence-electron chi connectivity index (χ1n) is 7.95. The first-order chi connectivity index (χ1) is 11.5. The maximum absolute atomic E-state index is 13.9. The SMILES string of the molecule is Cc1c(C(=O)N2CCCN(CC(N)=O)CC2)oc2c(F)cccc12. The van der Waals surface area contributed by atoms with Gasteiger partial charge < -0.3 is 15.1 Å². The number of hydrogen-bond donors (Lipinski definition) is 1. The molecule has 128 valence electrons. The summed E-state index contributed by atoms with van der Waals surface area (Å²) >= 11 is 0. The zero-order valence-electron chi connectivity index (χ0n) is 13.5. The highest BCUT2D eigenvalue weighted by molar-refractivity contribution is 5.99. The Morgan fingerprint density at radius 2 is 2.04 bits per heavy atom. The van der Waals surface area contributed by atoms with Crippen molar-refractivity contribution in [3.8, 4) is 0 Å². The minimum atomic E-state index is -0.474. The summed E-state index contributed by atoms with van der Waals surface area (Å²) in [6, 6.07) is 4.65. The van der Waals surface area contributed by atoms with Crippen molar-refractivity contribution in [1.29, 1.82) is 0 Å². The molecule has 24 heavy (non-hydrogen) atoms. The molecule has 0 saturated carbocycles. The lowest BCUT2D eigenvalue weighted by Gasteiger charge is -2.20. The second-order valence-electron chi connectivity index (χ2n) is 6.06. The zero-order chi connectivity index (χ0) is 17.3. The van der Waals surface area contributed by atoms with E-state index in [9.17, 15) is 14.0 Å². The number of amides is 2. The van der Waals surface area contributed by atoms with Crippen LogP contribution in [0.2, 0.25) is 0 Å². The molecular formula is C17H20FN3O3. The molecule has 1 aromatic carbocycles. The number of primary amides is 1. The van der Waals surface area contributed by atoms with Gasteiger partial charge in [-0.05, 0) is 19.4 Å². The predicted molar refractivity (Wildman–Crippen MR) is 87.1 cm³/mol. The van der Waals surface area contributed by atoms with E-state index >= 15 is 0 Å². The Morgan fingerprint density at radius 1 is 1.25 bits per heavy atom. The minimum absolute atomic E-state index is 0.114. The van der Waals surface area contributed by atoms with Gasteiger partial charge in [0.15, 0.2) is 17.2 Å². The number of nitrogens with zero attached hydrogens (tertiary/aromatic N) is 2. The van der Waals surface area contributed by atoms with Crippen LogP contribution in [0.3, 0.4) is 0 Å². The molecule has 1 aliphatic heterocycles. The summed E-state index contributed by atoms with van der Waals surface area (Å²) in [5, 5.41) is 0.614. The molecule has 0 spiro atoms. The molecule has 0 bridgehead atoms. The number of nitrogens with two attached hydrogens (primary N) is 1. The highest BCUT2D eigenvalue weighted by Gasteiger charge is 2.26. The number of fused-ring (bicyclic) bond motifs is 1. The van der Waals surface area contributed by atoms with Crippen LogP contribution in [-0.4, -0.2) is 54.3 Å². The summed E-state index contributed by atoms with van der Waals surface area (Å²) in [6.07, 6.45) is 0.743. The predicted octanol–water partition coefficient (Wildman–Crippen LogP) is 1.51. The van der Waals surface area contributed by atoms with Crippen LogP contribution in [0.15, 0.2) is 22.6 Å². The molecule has 1 saturated heterocycles. The fourth-order valence-corrected chi connectivity index (χ4v) is 3.11. The molecule has 3 rings (SSSR count). The van der Waals surface area contributed by atoms with E-state index < -0.39 is 5.82 Å². The number of carbonyl (C=O) groups is 2. The van der Waals surface area contributed by atoms with Crippen LogP contribution in [0.4, 0.5) is 4.39 Å². The molecule has 1 aromatic heterocycles. The van der Waals surface area contributed by atoms with Crippen molar-refractivity contribution in [3.63, 3.8) is 0 Å². The maximum atomic E-state index is 13.9. The van der Waals surface area contributed by atoms with Crippen molar-refractivity contribution < 1.29 is 18.4 Å². The van der Waals surface area contributed by atoms with Gasteiger partial charge >= 0.3 is 0 Å². The summed E-state index contributed by atoms with van der Waals surface area (Å²) in [7, 11) is 0. The molecule has 7 heteroatoms. The Bertz CT molecular complexity index is 787. The van der Waals surface area contributed by atoms with Gasteiger partial charge in [-0.2, -0.15) is 0 Å². The topological polar surface area (TPSA) is 79.8 Å². The van der Waals surface area contributed by atoms with E-state index in [1.54, 1.807) is 24.0 Å². The maximum Gasteiger partial charge on any atom is 0.289 e. The standard InChI is InChI=1S/C17H20FN3O3/c1-11-12-4-2-5-13(18)16(12)24-15(11)17(23)21-7-3-6-20(8-9-21)10-14(19)22/h2,4-5H,3,6-10H2,1H3,(H2,19,22). The van der Waals surface area contributed by atoms with Gasteiger partial charge in [0, 0.05) is 37.1 Å². The van der Waals surface area contributed by atoms with Crippen LogP contribution in [0.25, 0.3) is 11.0 Å². The molecule has 2 heterocycles. The Hall–Kier alpha value is -2.41. The molecule has 0 aliphatic carbocycles. The summed E-state index contributed by atoms with van der Waals surface area (Å²) < 4.78 is 19.4. The summed E-state index contributed by atoms with van der Waals surface area (Å²) in [6.45, 7) is 4.27. The van der Waals surface area contributed by atoms with Gasteiger partial charge in [-0.1, -0.05) is 12.1 Å². The molecule has 2 amide bonds. The van der Waals surface area contributed by atoms with E-state index in [0.29, 0.717) is 37.1 Å². The van der Waals surface area contributed by atoms with Crippen LogP contribution in [-0.2, 0) is 4.79 Å². The molecule has 0 radical (unpaired) electrons. The number of hydrogen-bond acceptors (Lipinski definition) is 4. The third kappa shape index (κ3) is 3.12. The second kappa shape index (κ2) is 6.60. The van der Waals surface area contributed by atoms with Gasteiger partial charge in [-0.25, -0.2) is 4.39 Å². The Morgan fingerprint density at radius 3 is 2.75 bits per heavy atom. The highest BCUT2D eigenvalue weighted by Crippen LogP contribution is 2.28. The van der Waals surface area contributed by atoms with Crippen molar-refractivity contribution in [2.75, 3.05) is 32.7 Å². The molecule has 2 aromatic rings. The number of rotatable bonds is 3. The van der Waals surface area contributed by atoms with E-state index in [4.69, 9.17) is 10.2 Å². The molecule has 2 N–H and O–H groups in total.